The van der Waals surface area contributed by atoms with Gasteiger partial charge < -0.3 is 5.11 Å². The van der Waals surface area contributed by atoms with Crippen LogP contribution in [0.4, 0.5) is 0 Å². The van der Waals surface area contributed by atoms with Crippen LogP contribution in [0.3, 0.4) is 0 Å². The lowest BCUT2D eigenvalue weighted by Crippen LogP contribution is -2.17. The molecule has 0 unspecified atom stereocenters. The van der Waals surface area contributed by atoms with E-state index in [1.54, 1.807) is 0 Å². The number of benzene rings is 1. The topological polar surface area (TPSA) is 37.3 Å². The highest BCUT2D eigenvalue weighted by Gasteiger charge is 2.20. The number of aryl methyl sites for hydroxylation is 1. The number of carboxylic acids is 1. The maximum absolute atomic E-state index is 10.6. The Kier molecular flexibility index (Phi) is 4.11. The van der Waals surface area contributed by atoms with Crippen molar-refractivity contribution in [2.45, 2.75) is 40.0 Å². The Balaban J connectivity index is 2.65. The van der Waals surface area contributed by atoms with Gasteiger partial charge in [0.15, 0.2) is 0 Å². The molecule has 1 rings (SSSR count). The number of carboxylic acid groups (broad SMARTS) is 1. The minimum absolute atomic E-state index is 0.0461. The molecule has 88 valence electrons. The van der Waals surface area contributed by atoms with Crippen molar-refractivity contribution in [3.8, 4) is 0 Å². The van der Waals surface area contributed by atoms with E-state index in [-0.39, 0.29) is 11.8 Å². The summed E-state index contributed by atoms with van der Waals surface area (Å²) in [5.74, 6) is -0.710. The predicted octanol–water partition coefficient (Wildman–Crippen LogP) is 3.43. The van der Waals surface area contributed by atoms with E-state index in [0.29, 0.717) is 0 Å². The molecular formula is C14H20O2. The van der Waals surface area contributed by atoms with Gasteiger partial charge in [-0.05, 0) is 36.3 Å². The SMILES string of the molecule is Cc1ccccc1CC(C)(C)CCC(=O)O. The van der Waals surface area contributed by atoms with E-state index >= 15 is 0 Å². The fourth-order valence-electron chi connectivity index (χ4n) is 1.86. The molecule has 0 heterocycles. The fourth-order valence-corrected chi connectivity index (χ4v) is 1.86. The molecule has 0 fully saturated rings. The van der Waals surface area contributed by atoms with Crippen molar-refractivity contribution in [1.29, 1.82) is 0 Å². The Labute approximate surface area is 97.3 Å². The summed E-state index contributed by atoms with van der Waals surface area (Å²) in [5.41, 5.74) is 2.65. The molecule has 0 aliphatic carbocycles. The second-order valence-corrected chi connectivity index (χ2v) is 5.16. The van der Waals surface area contributed by atoms with Crippen LogP contribution in [0.25, 0.3) is 0 Å². The van der Waals surface area contributed by atoms with Crippen molar-refractivity contribution in [3.05, 3.63) is 35.4 Å². The van der Waals surface area contributed by atoms with Gasteiger partial charge in [-0.15, -0.1) is 0 Å². The second-order valence-electron chi connectivity index (χ2n) is 5.16. The third kappa shape index (κ3) is 4.05. The second kappa shape index (κ2) is 5.15. The van der Waals surface area contributed by atoms with Gasteiger partial charge in [0.2, 0.25) is 0 Å². The van der Waals surface area contributed by atoms with Crippen LogP contribution in [0.5, 0.6) is 0 Å². The van der Waals surface area contributed by atoms with Crippen LogP contribution in [0.15, 0.2) is 24.3 Å². The molecule has 0 aliphatic rings. The van der Waals surface area contributed by atoms with Crippen LogP contribution in [-0.4, -0.2) is 11.1 Å². The van der Waals surface area contributed by atoms with E-state index < -0.39 is 5.97 Å². The average molecular weight is 220 g/mol. The molecule has 0 radical (unpaired) electrons. The van der Waals surface area contributed by atoms with Gasteiger partial charge in [0.1, 0.15) is 0 Å². The summed E-state index contributed by atoms with van der Waals surface area (Å²) in [6.45, 7) is 6.35. The molecule has 0 bridgehead atoms. The van der Waals surface area contributed by atoms with Crippen molar-refractivity contribution in [2.24, 2.45) is 5.41 Å². The van der Waals surface area contributed by atoms with Crippen molar-refractivity contribution in [1.82, 2.24) is 0 Å². The summed E-state index contributed by atoms with van der Waals surface area (Å²) in [4.78, 5) is 10.6. The molecule has 1 aromatic carbocycles. The zero-order valence-corrected chi connectivity index (χ0v) is 10.3. The lowest BCUT2D eigenvalue weighted by molar-refractivity contribution is -0.137. The van der Waals surface area contributed by atoms with E-state index in [0.717, 1.165) is 12.8 Å². The molecule has 1 N–H and O–H groups in total. The quantitative estimate of drug-likeness (QED) is 0.825. The molecule has 2 heteroatoms. The Morgan fingerprint density at radius 3 is 2.50 bits per heavy atom. The van der Waals surface area contributed by atoms with Gasteiger partial charge in [-0.2, -0.15) is 0 Å². The van der Waals surface area contributed by atoms with Crippen LogP contribution in [0.1, 0.15) is 37.8 Å². The first kappa shape index (κ1) is 12.8. The van der Waals surface area contributed by atoms with Gasteiger partial charge in [-0.1, -0.05) is 38.1 Å². The Morgan fingerprint density at radius 2 is 1.94 bits per heavy atom. The molecule has 0 atom stereocenters. The number of rotatable bonds is 5. The fraction of sp³-hybridized carbons (Fsp3) is 0.500. The van der Waals surface area contributed by atoms with E-state index in [4.69, 9.17) is 5.11 Å². The van der Waals surface area contributed by atoms with Crippen LogP contribution < -0.4 is 0 Å². The molecule has 1 aromatic rings. The predicted molar refractivity (Wildman–Crippen MR) is 65.5 cm³/mol. The number of hydrogen-bond donors (Lipinski definition) is 1. The van der Waals surface area contributed by atoms with Crippen molar-refractivity contribution >= 4 is 5.97 Å². The highest BCUT2D eigenvalue weighted by Crippen LogP contribution is 2.28. The van der Waals surface area contributed by atoms with Gasteiger partial charge in [-0.25, -0.2) is 0 Å². The van der Waals surface area contributed by atoms with Gasteiger partial charge in [0.25, 0.3) is 0 Å². The van der Waals surface area contributed by atoms with Crippen molar-refractivity contribution in [2.75, 3.05) is 0 Å². The molecule has 16 heavy (non-hydrogen) atoms. The highest BCUT2D eigenvalue weighted by atomic mass is 16.4. The standard InChI is InChI=1S/C14H20O2/c1-11-6-4-5-7-12(11)10-14(2,3)9-8-13(15)16/h4-7H,8-10H2,1-3H3,(H,15,16). The summed E-state index contributed by atoms with van der Waals surface area (Å²) in [6.07, 6.45) is 1.91. The minimum Gasteiger partial charge on any atom is -0.481 e. The van der Waals surface area contributed by atoms with E-state index in [9.17, 15) is 4.79 Å². The third-order valence-corrected chi connectivity index (χ3v) is 2.95. The molecule has 0 aromatic heterocycles. The Morgan fingerprint density at radius 1 is 1.31 bits per heavy atom. The maximum atomic E-state index is 10.6. The van der Waals surface area contributed by atoms with Crippen LogP contribution in [0.2, 0.25) is 0 Å². The smallest absolute Gasteiger partial charge is 0.303 e. The van der Waals surface area contributed by atoms with Gasteiger partial charge in [0.05, 0.1) is 0 Å². The molecule has 0 saturated carbocycles. The minimum atomic E-state index is -0.710. The van der Waals surface area contributed by atoms with Gasteiger partial charge in [0, 0.05) is 6.42 Å². The average Bonchev–Trinajstić information content (AvgIpc) is 2.19. The highest BCUT2D eigenvalue weighted by molar-refractivity contribution is 5.66. The van der Waals surface area contributed by atoms with Crippen LogP contribution in [0, 0.1) is 12.3 Å². The summed E-state index contributed by atoms with van der Waals surface area (Å²) in [5, 5.41) is 8.70. The third-order valence-electron chi connectivity index (χ3n) is 2.95. The normalized spacial score (nSPS) is 11.4. The summed E-state index contributed by atoms with van der Waals surface area (Å²) >= 11 is 0. The van der Waals surface area contributed by atoms with E-state index in [1.165, 1.54) is 11.1 Å². The summed E-state index contributed by atoms with van der Waals surface area (Å²) in [7, 11) is 0. The Hall–Kier alpha value is -1.31. The van der Waals surface area contributed by atoms with Crippen LogP contribution in [-0.2, 0) is 11.2 Å². The molecule has 0 spiro atoms. The first-order valence-corrected chi connectivity index (χ1v) is 5.67. The zero-order chi connectivity index (χ0) is 12.2. The largest absolute Gasteiger partial charge is 0.481 e. The molecular weight excluding hydrogens is 200 g/mol. The molecule has 2 nitrogen and oxygen atoms in total. The number of aliphatic carboxylic acids is 1. The zero-order valence-electron chi connectivity index (χ0n) is 10.3. The Bertz CT molecular complexity index is 367. The lowest BCUT2D eigenvalue weighted by atomic mass is 9.80. The molecule has 0 amide bonds. The maximum Gasteiger partial charge on any atom is 0.303 e. The molecule has 0 saturated heterocycles. The monoisotopic (exact) mass is 220 g/mol. The van der Waals surface area contributed by atoms with E-state index in [1.807, 2.05) is 12.1 Å². The summed E-state index contributed by atoms with van der Waals surface area (Å²) in [6, 6.07) is 8.29. The van der Waals surface area contributed by atoms with Gasteiger partial charge >= 0.3 is 5.97 Å². The number of carbonyl (C=O) groups is 1. The van der Waals surface area contributed by atoms with Crippen LogP contribution >= 0.6 is 0 Å². The van der Waals surface area contributed by atoms with Crippen molar-refractivity contribution in [3.63, 3.8) is 0 Å². The van der Waals surface area contributed by atoms with E-state index in [2.05, 4.69) is 32.9 Å². The van der Waals surface area contributed by atoms with Crippen molar-refractivity contribution < 1.29 is 9.90 Å². The number of hydrogen-bond acceptors (Lipinski definition) is 1. The van der Waals surface area contributed by atoms with Gasteiger partial charge in [-0.3, -0.25) is 4.79 Å². The molecule has 0 aliphatic heterocycles. The first-order valence-electron chi connectivity index (χ1n) is 5.67. The first-order chi connectivity index (χ1) is 7.41. The lowest BCUT2D eigenvalue weighted by Gasteiger charge is -2.24. The summed E-state index contributed by atoms with van der Waals surface area (Å²) < 4.78 is 0.